The summed E-state index contributed by atoms with van der Waals surface area (Å²) in [5.41, 5.74) is 3.55. The molecule has 1 amide bonds. The largest absolute Gasteiger partial charge is 0.371 e. The fourth-order valence-electron chi connectivity index (χ4n) is 3.34. The molecule has 0 bridgehead atoms. The number of thioether (sulfide) groups is 1. The second-order valence-electron chi connectivity index (χ2n) is 6.42. The van der Waals surface area contributed by atoms with E-state index in [0.29, 0.717) is 6.54 Å². The summed E-state index contributed by atoms with van der Waals surface area (Å²) in [6.45, 7) is 6.52. The van der Waals surface area contributed by atoms with Gasteiger partial charge in [-0.25, -0.2) is 0 Å². The minimum Gasteiger partial charge on any atom is -0.371 e. The lowest BCUT2D eigenvalue weighted by Gasteiger charge is -2.31. The van der Waals surface area contributed by atoms with Crippen LogP contribution in [0.25, 0.3) is 0 Å². The highest BCUT2D eigenvalue weighted by molar-refractivity contribution is 7.99. The third-order valence-corrected chi connectivity index (χ3v) is 5.65. The Kier molecular flexibility index (Phi) is 6.78. The molecule has 0 unspecified atom stereocenters. The number of hydrogen-bond donors (Lipinski definition) is 1. The normalized spacial score (nSPS) is 13.2. The van der Waals surface area contributed by atoms with Crippen molar-refractivity contribution in [2.24, 2.45) is 0 Å². The smallest absolute Gasteiger partial charge is 0.252 e. The Hall–Kier alpha value is -2.20. The zero-order chi connectivity index (χ0) is 18.2. The van der Waals surface area contributed by atoms with E-state index in [0.717, 1.165) is 35.7 Å². The summed E-state index contributed by atoms with van der Waals surface area (Å²) in [7, 11) is 0. The van der Waals surface area contributed by atoms with E-state index < -0.39 is 0 Å². The van der Waals surface area contributed by atoms with Crippen molar-refractivity contribution >= 4 is 23.4 Å². The van der Waals surface area contributed by atoms with Gasteiger partial charge in [-0.1, -0.05) is 36.4 Å². The number of benzene rings is 2. The second-order valence-corrected chi connectivity index (χ2v) is 7.49. The molecular weight excluding hydrogens is 340 g/mol. The fraction of sp³-hybridized carbons (Fsp3) is 0.318. The van der Waals surface area contributed by atoms with Crippen LogP contribution in [0.15, 0.2) is 66.1 Å². The van der Waals surface area contributed by atoms with Gasteiger partial charge in [0.1, 0.15) is 0 Å². The summed E-state index contributed by atoms with van der Waals surface area (Å²) < 4.78 is 0. The van der Waals surface area contributed by atoms with Crippen LogP contribution >= 0.6 is 11.8 Å². The van der Waals surface area contributed by atoms with E-state index >= 15 is 0 Å². The van der Waals surface area contributed by atoms with Crippen LogP contribution in [0.3, 0.4) is 0 Å². The van der Waals surface area contributed by atoms with Crippen LogP contribution in [0, 0.1) is 0 Å². The molecule has 0 aliphatic carbocycles. The molecule has 2 aromatic carbocycles. The number of hydrogen-bond acceptors (Lipinski definition) is 3. The van der Waals surface area contributed by atoms with Gasteiger partial charge in [0.05, 0.1) is 5.56 Å². The SMILES string of the molecule is C=CCSc1ccccc1C(=O)NCCCN1CCCc2ccccc21. The van der Waals surface area contributed by atoms with Crippen molar-refractivity contribution in [1.29, 1.82) is 0 Å². The van der Waals surface area contributed by atoms with Gasteiger partial charge in [-0.2, -0.15) is 0 Å². The lowest BCUT2D eigenvalue weighted by Crippen LogP contribution is -2.33. The fourth-order valence-corrected chi connectivity index (χ4v) is 4.13. The molecule has 3 rings (SSSR count). The first kappa shape index (κ1) is 18.6. The summed E-state index contributed by atoms with van der Waals surface area (Å²) in [6.07, 6.45) is 5.18. The number of nitrogens with one attached hydrogen (secondary N) is 1. The van der Waals surface area contributed by atoms with E-state index in [1.165, 1.54) is 24.1 Å². The molecule has 1 heterocycles. The molecule has 0 atom stereocenters. The van der Waals surface area contributed by atoms with E-state index in [1.807, 2.05) is 30.3 Å². The van der Waals surface area contributed by atoms with Crippen LogP contribution in [0.5, 0.6) is 0 Å². The van der Waals surface area contributed by atoms with Crippen LogP contribution in [0.1, 0.15) is 28.8 Å². The monoisotopic (exact) mass is 366 g/mol. The highest BCUT2D eigenvalue weighted by Gasteiger charge is 2.16. The topological polar surface area (TPSA) is 32.3 Å². The number of para-hydroxylation sites is 1. The van der Waals surface area contributed by atoms with Crippen molar-refractivity contribution < 1.29 is 4.79 Å². The van der Waals surface area contributed by atoms with Crippen LogP contribution in [0.2, 0.25) is 0 Å². The molecule has 0 radical (unpaired) electrons. The van der Waals surface area contributed by atoms with Gasteiger partial charge in [-0.05, 0) is 43.0 Å². The number of anilines is 1. The first-order chi connectivity index (χ1) is 12.8. The van der Waals surface area contributed by atoms with Gasteiger partial charge in [0.2, 0.25) is 0 Å². The van der Waals surface area contributed by atoms with Crippen molar-refractivity contribution in [3.63, 3.8) is 0 Å². The standard InChI is InChI=1S/C22H26N2OS/c1-2-17-26-21-13-6-4-11-19(21)22(25)23-14-8-16-24-15-7-10-18-9-3-5-12-20(18)24/h2-6,9,11-13H,1,7-8,10,14-17H2,(H,23,25). The molecule has 1 aliphatic rings. The molecule has 1 aliphatic heterocycles. The van der Waals surface area contributed by atoms with Crippen LogP contribution in [-0.4, -0.2) is 31.3 Å². The van der Waals surface area contributed by atoms with E-state index in [-0.39, 0.29) is 5.91 Å². The summed E-state index contributed by atoms with van der Waals surface area (Å²) in [6, 6.07) is 16.4. The number of fused-ring (bicyclic) bond motifs is 1. The third kappa shape index (κ3) is 4.70. The number of carbonyl (C=O) groups is 1. The van der Waals surface area contributed by atoms with Crippen LogP contribution < -0.4 is 10.2 Å². The number of nitrogens with zero attached hydrogens (tertiary/aromatic N) is 1. The van der Waals surface area contributed by atoms with Gasteiger partial charge >= 0.3 is 0 Å². The lowest BCUT2D eigenvalue weighted by molar-refractivity contribution is 0.0950. The maximum Gasteiger partial charge on any atom is 0.252 e. The van der Waals surface area contributed by atoms with E-state index in [4.69, 9.17) is 0 Å². The quantitative estimate of drug-likeness (QED) is 0.423. The predicted octanol–water partition coefficient (Wildman–Crippen LogP) is 4.54. The molecule has 1 N–H and O–H groups in total. The molecular formula is C22H26N2OS. The minimum absolute atomic E-state index is 0.0104. The summed E-state index contributed by atoms with van der Waals surface area (Å²) in [5, 5.41) is 3.07. The van der Waals surface area contributed by atoms with Crippen molar-refractivity contribution in [2.45, 2.75) is 24.2 Å². The van der Waals surface area contributed by atoms with Gasteiger partial charge in [0.25, 0.3) is 5.91 Å². The highest BCUT2D eigenvalue weighted by atomic mass is 32.2. The summed E-state index contributed by atoms with van der Waals surface area (Å²) >= 11 is 1.64. The molecule has 3 nitrogen and oxygen atoms in total. The molecule has 26 heavy (non-hydrogen) atoms. The molecule has 0 aromatic heterocycles. The maximum atomic E-state index is 12.5. The number of carbonyl (C=O) groups excluding carboxylic acids is 1. The lowest BCUT2D eigenvalue weighted by atomic mass is 10.0. The number of aryl methyl sites for hydroxylation is 1. The van der Waals surface area contributed by atoms with Crippen LogP contribution in [0.4, 0.5) is 5.69 Å². The molecule has 136 valence electrons. The molecule has 0 saturated heterocycles. The van der Waals surface area contributed by atoms with Crippen molar-refractivity contribution in [2.75, 3.05) is 30.3 Å². The number of amides is 1. The summed E-state index contributed by atoms with van der Waals surface area (Å²) in [4.78, 5) is 16.0. The minimum atomic E-state index is 0.0104. The van der Waals surface area contributed by atoms with Crippen molar-refractivity contribution in [1.82, 2.24) is 5.32 Å². The Labute approximate surface area is 160 Å². The molecule has 2 aromatic rings. The first-order valence-corrected chi connectivity index (χ1v) is 10.2. The third-order valence-electron chi connectivity index (χ3n) is 4.59. The predicted molar refractivity (Wildman–Crippen MR) is 111 cm³/mol. The molecule has 4 heteroatoms. The summed E-state index contributed by atoms with van der Waals surface area (Å²) in [5.74, 6) is 0.815. The Morgan fingerprint density at radius 2 is 2.00 bits per heavy atom. The van der Waals surface area contributed by atoms with Crippen molar-refractivity contribution in [3.8, 4) is 0 Å². The van der Waals surface area contributed by atoms with Gasteiger partial charge in [-0.15, -0.1) is 18.3 Å². The van der Waals surface area contributed by atoms with E-state index in [9.17, 15) is 4.79 Å². The zero-order valence-electron chi connectivity index (χ0n) is 15.1. The van der Waals surface area contributed by atoms with Gasteiger partial charge in [-0.3, -0.25) is 4.79 Å². The Bertz CT molecular complexity index is 759. The van der Waals surface area contributed by atoms with Crippen LogP contribution in [-0.2, 0) is 6.42 Å². The molecule has 0 spiro atoms. The van der Waals surface area contributed by atoms with Gasteiger partial charge in [0, 0.05) is 36.0 Å². The molecule has 0 fully saturated rings. The first-order valence-electron chi connectivity index (χ1n) is 9.23. The second kappa shape index (κ2) is 9.48. The van der Waals surface area contributed by atoms with E-state index in [2.05, 4.69) is 41.1 Å². The van der Waals surface area contributed by atoms with Gasteiger partial charge < -0.3 is 10.2 Å². The Morgan fingerprint density at radius 1 is 1.19 bits per heavy atom. The Morgan fingerprint density at radius 3 is 2.88 bits per heavy atom. The maximum absolute atomic E-state index is 12.5. The average molecular weight is 367 g/mol. The highest BCUT2D eigenvalue weighted by Crippen LogP contribution is 2.26. The van der Waals surface area contributed by atoms with Gasteiger partial charge in [0.15, 0.2) is 0 Å². The average Bonchev–Trinajstić information content (AvgIpc) is 2.69. The Balaban J connectivity index is 1.50. The number of rotatable bonds is 8. The molecule has 0 saturated carbocycles. The zero-order valence-corrected chi connectivity index (χ0v) is 15.9. The van der Waals surface area contributed by atoms with Crippen molar-refractivity contribution in [3.05, 3.63) is 72.3 Å². The van der Waals surface area contributed by atoms with E-state index in [1.54, 1.807) is 11.8 Å².